The van der Waals surface area contributed by atoms with Crippen molar-refractivity contribution in [2.75, 3.05) is 13.2 Å². The van der Waals surface area contributed by atoms with Crippen molar-refractivity contribution in [2.45, 2.75) is 0 Å². The Hall–Kier alpha value is -1.14. The van der Waals surface area contributed by atoms with Crippen LogP contribution >= 0.6 is 0 Å². The van der Waals surface area contributed by atoms with Gasteiger partial charge in [0.05, 0.1) is 6.61 Å². The summed E-state index contributed by atoms with van der Waals surface area (Å²) in [4.78, 5) is 20.5. The molecule has 0 aromatic heterocycles. The van der Waals surface area contributed by atoms with Crippen molar-refractivity contribution >= 4 is 11.9 Å². The second kappa shape index (κ2) is 4.71. The van der Waals surface area contributed by atoms with E-state index in [0.717, 1.165) is 0 Å². The van der Waals surface area contributed by atoms with E-state index in [4.69, 9.17) is 5.11 Å². The summed E-state index contributed by atoms with van der Waals surface area (Å²) in [5.74, 6) is 2.45. The second-order valence-electron chi connectivity index (χ2n) is 1.33. The molecule has 4 N–H and O–H groups in total. The number of amides is 1. The summed E-state index contributed by atoms with van der Waals surface area (Å²) >= 11 is 0. The van der Waals surface area contributed by atoms with E-state index in [2.05, 4.69) is 10.6 Å². The summed E-state index contributed by atoms with van der Waals surface area (Å²) in [7, 11) is 0. The van der Waals surface area contributed by atoms with Crippen LogP contribution in [0.1, 0.15) is 0 Å². The zero-order valence-electron chi connectivity index (χ0n) is 5.16. The van der Waals surface area contributed by atoms with Gasteiger partial charge in [-0.15, -0.1) is 0 Å². The fourth-order valence-corrected chi connectivity index (χ4v) is 0.263. The van der Waals surface area contributed by atoms with E-state index >= 15 is 0 Å². The van der Waals surface area contributed by atoms with Crippen molar-refractivity contribution < 1.29 is 19.4 Å². The van der Waals surface area contributed by atoms with E-state index in [0.29, 0.717) is 0 Å². The minimum absolute atomic E-state index is 0.202. The van der Waals surface area contributed by atoms with Gasteiger partial charge < -0.3 is 9.84 Å². The van der Waals surface area contributed by atoms with Crippen LogP contribution in [0.15, 0.2) is 0 Å². The molecule has 0 saturated carbocycles. The van der Waals surface area contributed by atoms with E-state index in [9.17, 15) is 9.59 Å². The largest absolute Gasteiger partial charge is 0.456 e. The number of carbonyl (C=O) groups excluding carboxylic acids is 2. The highest BCUT2D eigenvalue weighted by atomic mass is 16.5. The average Bonchev–Trinajstić information content (AvgIpc) is 1.98. The number of rotatable bonds is 2. The number of carbonyl (C=O) groups is 2. The standard InChI is InChI=1S/C4H8N2O4/c5-6-3(8)4(9)10-2-1-7/h7H,1-2,5H2,(H,6,8). The van der Waals surface area contributed by atoms with Crippen LogP contribution in [0.25, 0.3) is 0 Å². The van der Waals surface area contributed by atoms with Crippen molar-refractivity contribution in [1.82, 2.24) is 5.43 Å². The molecule has 0 unspecified atom stereocenters. The van der Waals surface area contributed by atoms with Crippen LogP contribution in [0, 0.1) is 0 Å². The SMILES string of the molecule is NNC(=O)C(=O)OCCO. The van der Waals surface area contributed by atoms with Crippen molar-refractivity contribution in [3.8, 4) is 0 Å². The quantitative estimate of drug-likeness (QED) is 0.132. The topological polar surface area (TPSA) is 102 Å². The van der Waals surface area contributed by atoms with Crippen molar-refractivity contribution in [2.24, 2.45) is 5.84 Å². The van der Waals surface area contributed by atoms with E-state index in [1.165, 1.54) is 0 Å². The lowest BCUT2D eigenvalue weighted by molar-refractivity contribution is -0.155. The zero-order valence-corrected chi connectivity index (χ0v) is 5.16. The molecule has 10 heavy (non-hydrogen) atoms. The number of ether oxygens (including phenoxy) is 1. The first-order chi connectivity index (χ1) is 4.72. The first kappa shape index (κ1) is 8.86. The van der Waals surface area contributed by atoms with Crippen molar-refractivity contribution in [3.05, 3.63) is 0 Å². The average molecular weight is 148 g/mol. The summed E-state index contributed by atoms with van der Waals surface area (Å²) in [5, 5.41) is 8.13. The van der Waals surface area contributed by atoms with Gasteiger partial charge in [0.15, 0.2) is 0 Å². The molecule has 58 valence electrons. The molecule has 6 heteroatoms. The van der Waals surface area contributed by atoms with Gasteiger partial charge in [0, 0.05) is 0 Å². The van der Waals surface area contributed by atoms with Gasteiger partial charge in [-0.1, -0.05) is 0 Å². The Morgan fingerprint density at radius 2 is 2.20 bits per heavy atom. The monoisotopic (exact) mass is 148 g/mol. The molecule has 0 aliphatic heterocycles. The maximum atomic E-state index is 10.3. The van der Waals surface area contributed by atoms with Gasteiger partial charge in [0.2, 0.25) is 0 Å². The maximum absolute atomic E-state index is 10.3. The molecule has 0 atom stereocenters. The Balaban J connectivity index is 3.52. The molecule has 0 aliphatic carbocycles. The molecule has 0 bridgehead atoms. The van der Waals surface area contributed by atoms with Gasteiger partial charge in [-0.2, -0.15) is 0 Å². The van der Waals surface area contributed by atoms with Crippen LogP contribution in [0.4, 0.5) is 0 Å². The van der Waals surface area contributed by atoms with Crippen molar-refractivity contribution in [1.29, 1.82) is 0 Å². The molecule has 0 saturated heterocycles. The normalized spacial score (nSPS) is 8.60. The first-order valence-corrected chi connectivity index (χ1v) is 2.51. The lowest BCUT2D eigenvalue weighted by Gasteiger charge is -1.98. The number of nitrogens with one attached hydrogen (secondary N) is 1. The lowest BCUT2D eigenvalue weighted by Crippen LogP contribution is -2.37. The number of esters is 1. The first-order valence-electron chi connectivity index (χ1n) is 2.51. The third kappa shape index (κ3) is 3.00. The molecule has 0 spiro atoms. The number of aliphatic hydroxyl groups is 1. The fourth-order valence-electron chi connectivity index (χ4n) is 0.263. The number of hydrogen-bond acceptors (Lipinski definition) is 5. The van der Waals surface area contributed by atoms with Crippen molar-refractivity contribution in [3.63, 3.8) is 0 Å². The third-order valence-electron chi connectivity index (χ3n) is 0.641. The van der Waals surface area contributed by atoms with Gasteiger partial charge in [-0.05, 0) is 0 Å². The van der Waals surface area contributed by atoms with Gasteiger partial charge in [0.25, 0.3) is 0 Å². The van der Waals surface area contributed by atoms with E-state index in [-0.39, 0.29) is 13.2 Å². The number of aliphatic hydroxyl groups excluding tert-OH is 1. The molecule has 0 radical (unpaired) electrons. The minimum Gasteiger partial charge on any atom is -0.456 e. The smallest absolute Gasteiger partial charge is 0.398 e. The van der Waals surface area contributed by atoms with Gasteiger partial charge >= 0.3 is 11.9 Å². The highest BCUT2D eigenvalue weighted by molar-refractivity contribution is 6.32. The van der Waals surface area contributed by atoms with Gasteiger partial charge in [0.1, 0.15) is 6.61 Å². The Morgan fingerprint density at radius 3 is 2.60 bits per heavy atom. The number of hydrazine groups is 1. The molecule has 0 fully saturated rings. The fraction of sp³-hybridized carbons (Fsp3) is 0.500. The predicted molar refractivity (Wildman–Crippen MR) is 30.4 cm³/mol. The van der Waals surface area contributed by atoms with Crippen LogP contribution in [-0.4, -0.2) is 30.2 Å². The molecular weight excluding hydrogens is 140 g/mol. The Labute approximate surface area is 56.9 Å². The predicted octanol–water partition coefficient (Wildman–Crippen LogP) is -2.49. The maximum Gasteiger partial charge on any atom is 0.398 e. The highest BCUT2D eigenvalue weighted by Crippen LogP contribution is 1.75. The Morgan fingerprint density at radius 1 is 1.60 bits per heavy atom. The van der Waals surface area contributed by atoms with Crippen LogP contribution in [0.5, 0.6) is 0 Å². The molecule has 1 amide bonds. The molecule has 0 rings (SSSR count). The number of nitrogens with two attached hydrogens (primary N) is 1. The third-order valence-corrected chi connectivity index (χ3v) is 0.641. The molecule has 6 nitrogen and oxygen atoms in total. The molecular formula is C4H8N2O4. The van der Waals surface area contributed by atoms with Crippen LogP contribution < -0.4 is 11.3 Å². The summed E-state index contributed by atoms with van der Waals surface area (Å²) in [6, 6.07) is 0. The molecule has 0 aliphatic rings. The van der Waals surface area contributed by atoms with Crippen LogP contribution in [-0.2, 0) is 14.3 Å². The number of hydrogen-bond donors (Lipinski definition) is 3. The Kier molecular flexibility index (Phi) is 4.17. The summed E-state index contributed by atoms with van der Waals surface area (Å²) in [5.41, 5.74) is 1.58. The van der Waals surface area contributed by atoms with Gasteiger partial charge in [-0.3, -0.25) is 10.2 Å². The lowest BCUT2D eigenvalue weighted by atomic mass is 10.6. The molecule has 0 aromatic rings. The molecule has 0 heterocycles. The summed E-state index contributed by atoms with van der Waals surface area (Å²) in [6.45, 7) is -0.518. The second-order valence-corrected chi connectivity index (χ2v) is 1.33. The van der Waals surface area contributed by atoms with Gasteiger partial charge in [-0.25, -0.2) is 10.6 Å². The van der Waals surface area contributed by atoms with E-state index in [1.807, 2.05) is 0 Å². The van der Waals surface area contributed by atoms with Crippen LogP contribution in [0.3, 0.4) is 0 Å². The molecule has 0 aromatic carbocycles. The van der Waals surface area contributed by atoms with E-state index < -0.39 is 11.9 Å². The Bertz CT molecular complexity index is 135. The highest BCUT2D eigenvalue weighted by Gasteiger charge is 2.11. The van der Waals surface area contributed by atoms with Crippen LogP contribution in [0.2, 0.25) is 0 Å². The van der Waals surface area contributed by atoms with E-state index in [1.54, 1.807) is 5.43 Å². The minimum atomic E-state index is -1.10. The summed E-state index contributed by atoms with van der Waals surface area (Å²) in [6.07, 6.45) is 0. The summed E-state index contributed by atoms with van der Waals surface area (Å²) < 4.78 is 4.16. The zero-order chi connectivity index (χ0) is 7.98.